The first-order chi connectivity index (χ1) is 20.3. The Hall–Kier alpha value is -3.80. The first kappa shape index (κ1) is 29.7. The molecule has 0 spiro atoms. The van der Waals surface area contributed by atoms with E-state index in [1.165, 1.54) is 11.1 Å². The third kappa shape index (κ3) is 6.80. The number of hydroxylamine groups is 1. The van der Waals surface area contributed by atoms with Gasteiger partial charge in [0.25, 0.3) is 5.91 Å². The molecule has 0 saturated carbocycles. The Morgan fingerprint density at radius 1 is 1.02 bits per heavy atom. The normalized spacial score (nSPS) is 22.1. The van der Waals surface area contributed by atoms with E-state index in [9.17, 15) is 18.0 Å². The molecule has 2 aliphatic heterocycles. The van der Waals surface area contributed by atoms with Gasteiger partial charge in [0.2, 0.25) is 5.91 Å². The fourth-order valence-corrected chi connectivity index (χ4v) is 7.39. The molecule has 2 unspecified atom stereocenters. The molecular weight excluding hydrogens is 558 g/mol. The summed E-state index contributed by atoms with van der Waals surface area (Å²) in [6.45, 7) is 2.63. The monoisotopic (exact) mass is 593 g/mol. The van der Waals surface area contributed by atoms with Crippen LogP contribution >= 0.6 is 0 Å². The lowest BCUT2D eigenvalue weighted by Gasteiger charge is -2.32. The van der Waals surface area contributed by atoms with Crippen molar-refractivity contribution in [3.63, 3.8) is 0 Å². The van der Waals surface area contributed by atoms with Gasteiger partial charge in [-0.25, -0.2) is 18.7 Å². The average molecular weight is 594 g/mol. The molecule has 42 heavy (non-hydrogen) atoms. The van der Waals surface area contributed by atoms with Gasteiger partial charge in [-0.3, -0.25) is 14.6 Å². The van der Waals surface area contributed by atoms with E-state index in [4.69, 9.17) is 14.3 Å². The number of sulfone groups is 1. The number of benzene rings is 2. The quantitative estimate of drug-likeness (QED) is 0.384. The highest BCUT2D eigenvalue weighted by atomic mass is 32.2. The van der Waals surface area contributed by atoms with Crippen molar-refractivity contribution in [1.29, 1.82) is 0 Å². The Morgan fingerprint density at radius 2 is 1.76 bits per heavy atom. The second-order valence-electron chi connectivity index (χ2n) is 10.6. The summed E-state index contributed by atoms with van der Waals surface area (Å²) in [5, 5.41) is 0. The van der Waals surface area contributed by atoms with E-state index in [1.54, 1.807) is 42.5 Å². The fourth-order valence-electron chi connectivity index (χ4n) is 5.29. The number of pyridine rings is 1. The van der Waals surface area contributed by atoms with Crippen molar-refractivity contribution in [3.05, 3.63) is 89.7 Å². The molecule has 1 N–H and O–H groups in total. The molecule has 3 heterocycles. The number of ether oxygens (including phenoxy) is 2. The zero-order valence-corrected chi connectivity index (χ0v) is 24.3. The van der Waals surface area contributed by atoms with Crippen LogP contribution in [0.5, 0.6) is 11.5 Å². The van der Waals surface area contributed by atoms with Crippen LogP contribution in [0.1, 0.15) is 53.7 Å². The summed E-state index contributed by atoms with van der Waals surface area (Å²) in [5.74, 6) is -0.0799. The molecule has 2 saturated heterocycles. The van der Waals surface area contributed by atoms with E-state index in [0.29, 0.717) is 30.1 Å². The zero-order valence-electron chi connectivity index (χ0n) is 23.5. The smallest absolute Gasteiger partial charge is 0.272 e. The van der Waals surface area contributed by atoms with Gasteiger partial charge in [-0.2, -0.15) is 0 Å². The number of aromatic nitrogens is 1. The molecule has 2 aromatic carbocycles. The lowest BCUT2D eigenvalue weighted by atomic mass is 9.90. The Bertz CT molecular complexity index is 1480. The van der Waals surface area contributed by atoms with Crippen molar-refractivity contribution in [3.8, 4) is 11.5 Å². The maximum atomic E-state index is 14.0. The highest BCUT2D eigenvalue weighted by Crippen LogP contribution is 2.41. The van der Waals surface area contributed by atoms with Crippen molar-refractivity contribution in [2.45, 2.75) is 50.1 Å². The largest absolute Gasteiger partial charge is 0.457 e. The van der Waals surface area contributed by atoms with Gasteiger partial charge in [0.05, 0.1) is 12.2 Å². The van der Waals surface area contributed by atoms with Crippen LogP contribution in [0.3, 0.4) is 0 Å². The molecule has 2 fully saturated rings. The van der Waals surface area contributed by atoms with Crippen LogP contribution in [-0.2, 0) is 29.0 Å². The lowest BCUT2D eigenvalue weighted by Crippen LogP contribution is -2.43. The van der Waals surface area contributed by atoms with E-state index >= 15 is 0 Å². The Balaban J connectivity index is 1.41. The molecule has 1 aromatic heterocycles. The molecule has 2 atom stereocenters. The number of carbonyl (C=O) groups excluding carboxylic acids is 2. The number of aryl methyl sites for hydroxylation is 1. The summed E-state index contributed by atoms with van der Waals surface area (Å²) in [6.07, 6.45) is 3.05. The predicted molar refractivity (Wildman–Crippen MR) is 155 cm³/mol. The van der Waals surface area contributed by atoms with E-state index in [-0.39, 0.29) is 43.3 Å². The minimum absolute atomic E-state index is 0.0118. The van der Waals surface area contributed by atoms with E-state index in [1.807, 2.05) is 31.2 Å². The molecule has 0 bridgehead atoms. The highest BCUT2D eigenvalue weighted by Gasteiger charge is 2.49. The molecule has 0 radical (unpaired) electrons. The van der Waals surface area contributed by atoms with Crippen LogP contribution in [0, 0.1) is 6.92 Å². The topological polar surface area (TPSA) is 124 Å². The van der Waals surface area contributed by atoms with Gasteiger partial charge in [-0.05, 0) is 68.1 Å². The predicted octanol–water partition coefficient (Wildman–Crippen LogP) is 4.30. The van der Waals surface area contributed by atoms with Crippen LogP contribution in [0.4, 0.5) is 0 Å². The fraction of sp³-hybridized carbons (Fsp3) is 0.387. The third-order valence-corrected chi connectivity index (χ3v) is 10.2. The van der Waals surface area contributed by atoms with E-state index < -0.39 is 26.8 Å². The minimum Gasteiger partial charge on any atom is -0.457 e. The molecule has 5 rings (SSSR count). The zero-order chi connectivity index (χ0) is 29.6. The summed E-state index contributed by atoms with van der Waals surface area (Å²) >= 11 is 0. The molecule has 11 heteroatoms. The standard InChI is InChI=1S/C31H35N3O7S/c1-23-8-12-25(13-9-23)40-26-14-10-24(11-15-26)31(22-28(35)33-41-29-7-3-5-20-39-29)16-18-34(19-21-42(31,37)38)30(36)27-6-2-4-17-32-27/h2,4,6,8-15,17,29H,3,5,7,16,18-22H2,1H3,(H,33,35). The number of rotatable bonds is 8. The summed E-state index contributed by atoms with van der Waals surface area (Å²) in [4.78, 5) is 37.5. The number of carbonyl (C=O) groups is 2. The summed E-state index contributed by atoms with van der Waals surface area (Å²) in [7, 11) is -3.94. The maximum absolute atomic E-state index is 14.0. The van der Waals surface area contributed by atoms with Crippen molar-refractivity contribution >= 4 is 21.7 Å². The number of nitrogens with zero attached hydrogens (tertiary/aromatic N) is 2. The van der Waals surface area contributed by atoms with Gasteiger partial charge in [0.1, 0.15) is 21.9 Å². The molecule has 2 aliphatic rings. The molecule has 222 valence electrons. The van der Waals surface area contributed by atoms with Gasteiger partial charge in [0, 0.05) is 32.3 Å². The first-order valence-corrected chi connectivity index (χ1v) is 15.7. The first-order valence-electron chi connectivity index (χ1n) is 14.1. The lowest BCUT2D eigenvalue weighted by molar-refractivity contribution is -0.200. The van der Waals surface area contributed by atoms with Crippen molar-refractivity contribution in [2.75, 3.05) is 25.4 Å². The molecular formula is C31H35N3O7S. The second kappa shape index (κ2) is 13.0. The SMILES string of the molecule is Cc1ccc(Oc2ccc(C3(CC(=O)NOC4CCCCO4)CCN(C(=O)c4ccccn4)CCS3(=O)=O)cc2)cc1. The van der Waals surface area contributed by atoms with Crippen molar-refractivity contribution < 1.29 is 32.3 Å². The van der Waals surface area contributed by atoms with Crippen molar-refractivity contribution in [2.24, 2.45) is 0 Å². The van der Waals surface area contributed by atoms with Crippen LogP contribution in [0.2, 0.25) is 0 Å². The number of nitrogens with one attached hydrogen (secondary N) is 1. The van der Waals surface area contributed by atoms with Crippen LogP contribution in [0.15, 0.2) is 72.9 Å². The summed E-state index contributed by atoms with van der Waals surface area (Å²) < 4.78 is 38.0. The number of amides is 2. The second-order valence-corrected chi connectivity index (χ2v) is 13.0. The van der Waals surface area contributed by atoms with Crippen LogP contribution < -0.4 is 10.2 Å². The molecule has 2 amide bonds. The van der Waals surface area contributed by atoms with Gasteiger partial charge in [-0.15, -0.1) is 0 Å². The van der Waals surface area contributed by atoms with E-state index in [0.717, 1.165) is 18.4 Å². The molecule has 10 nitrogen and oxygen atoms in total. The maximum Gasteiger partial charge on any atom is 0.272 e. The number of hydrogen-bond acceptors (Lipinski definition) is 8. The van der Waals surface area contributed by atoms with Gasteiger partial charge >= 0.3 is 0 Å². The Labute approximate surface area is 245 Å². The van der Waals surface area contributed by atoms with Gasteiger partial charge in [0.15, 0.2) is 16.1 Å². The minimum atomic E-state index is -3.94. The van der Waals surface area contributed by atoms with E-state index in [2.05, 4.69) is 10.5 Å². The number of hydrogen-bond donors (Lipinski definition) is 1. The highest BCUT2D eigenvalue weighted by molar-refractivity contribution is 7.92. The molecule has 0 aliphatic carbocycles. The Kier molecular flexibility index (Phi) is 9.20. The Morgan fingerprint density at radius 3 is 2.43 bits per heavy atom. The summed E-state index contributed by atoms with van der Waals surface area (Å²) in [5.41, 5.74) is 4.19. The third-order valence-electron chi connectivity index (χ3n) is 7.71. The van der Waals surface area contributed by atoms with Crippen LogP contribution in [-0.4, -0.2) is 61.9 Å². The van der Waals surface area contributed by atoms with Crippen molar-refractivity contribution in [1.82, 2.24) is 15.4 Å². The van der Waals surface area contributed by atoms with Gasteiger partial charge < -0.3 is 14.4 Å². The summed E-state index contributed by atoms with van der Waals surface area (Å²) in [6, 6.07) is 19.3. The van der Waals surface area contributed by atoms with Gasteiger partial charge in [-0.1, -0.05) is 35.9 Å². The molecule has 3 aromatic rings. The van der Waals surface area contributed by atoms with Crippen LogP contribution in [0.25, 0.3) is 0 Å². The average Bonchev–Trinajstić information content (AvgIpc) is 3.14.